The first-order valence-corrected chi connectivity index (χ1v) is 19.3. The molecule has 12 rings (SSSR count). The fourth-order valence-corrected chi connectivity index (χ4v) is 12.2. The van der Waals surface area contributed by atoms with Crippen LogP contribution in [-0.2, 0) is 5.41 Å². The van der Waals surface area contributed by atoms with Crippen LogP contribution in [-0.4, -0.2) is 4.57 Å². The summed E-state index contributed by atoms with van der Waals surface area (Å²) in [7, 11) is -0.832. The van der Waals surface area contributed by atoms with Crippen molar-refractivity contribution in [3.8, 4) is 16.8 Å². The maximum atomic E-state index is 6.26. The SMILES string of the molecule is c1ccc(P2c3ccccc3C3(c4ccccc4-n4c5ccccc5c5cccc3c54)c3cc(-c4ccc5oc6ccccc6c5c4)ccc32)cc1. The van der Waals surface area contributed by atoms with Crippen LogP contribution in [0.3, 0.4) is 0 Å². The highest BCUT2D eigenvalue weighted by Gasteiger charge is 2.51. The zero-order valence-electron chi connectivity index (χ0n) is 28.1. The van der Waals surface area contributed by atoms with Gasteiger partial charge < -0.3 is 8.98 Å². The molecule has 8 aromatic carbocycles. The van der Waals surface area contributed by atoms with Crippen molar-refractivity contribution in [1.82, 2.24) is 4.57 Å². The predicted molar refractivity (Wildman–Crippen MR) is 218 cm³/mol. The monoisotopic (exact) mass is 679 g/mol. The smallest absolute Gasteiger partial charge is 0.135 e. The summed E-state index contributed by atoms with van der Waals surface area (Å²) in [5.41, 5.74) is 12.9. The van der Waals surface area contributed by atoms with E-state index in [1.54, 1.807) is 0 Å². The number of para-hydroxylation sites is 4. The zero-order chi connectivity index (χ0) is 34.0. The second-order valence-corrected chi connectivity index (χ2v) is 16.2. The lowest BCUT2D eigenvalue weighted by Gasteiger charge is -2.48. The van der Waals surface area contributed by atoms with Crippen molar-refractivity contribution in [3.63, 3.8) is 0 Å². The molecule has 0 saturated carbocycles. The first-order chi connectivity index (χ1) is 25.8. The summed E-state index contributed by atoms with van der Waals surface area (Å²) in [6.45, 7) is 0. The second-order valence-electron chi connectivity index (χ2n) is 14.1. The van der Waals surface area contributed by atoms with E-state index in [1.165, 1.54) is 76.8 Å². The Bertz CT molecular complexity index is 3100. The van der Waals surface area contributed by atoms with E-state index < -0.39 is 13.3 Å². The molecule has 10 aromatic rings. The van der Waals surface area contributed by atoms with Gasteiger partial charge in [0.25, 0.3) is 0 Å². The zero-order valence-corrected chi connectivity index (χ0v) is 29.0. The first-order valence-electron chi connectivity index (χ1n) is 17.9. The van der Waals surface area contributed by atoms with Crippen molar-refractivity contribution in [2.24, 2.45) is 0 Å². The molecule has 2 atom stereocenters. The summed E-state index contributed by atoms with van der Waals surface area (Å²) in [6, 6.07) is 67.9. The molecule has 2 nitrogen and oxygen atoms in total. The van der Waals surface area contributed by atoms with E-state index in [2.05, 4.69) is 180 Å². The number of hydrogen-bond acceptors (Lipinski definition) is 1. The maximum Gasteiger partial charge on any atom is 0.135 e. The van der Waals surface area contributed by atoms with Crippen LogP contribution in [0.4, 0.5) is 0 Å². The Kier molecular flexibility index (Phi) is 5.71. The van der Waals surface area contributed by atoms with E-state index in [9.17, 15) is 0 Å². The van der Waals surface area contributed by atoms with Crippen molar-refractivity contribution in [2.75, 3.05) is 0 Å². The van der Waals surface area contributed by atoms with Gasteiger partial charge in [-0.1, -0.05) is 146 Å². The van der Waals surface area contributed by atoms with Gasteiger partial charge in [-0.15, -0.1) is 0 Å². The Morgan fingerprint density at radius 3 is 2.00 bits per heavy atom. The van der Waals surface area contributed by atoms with E-state index in [0.29, 0.717) is 0 Å². The third-order valence-corrected chi connectivity index (χ3v) is 14.1. The van der Waals surface area contributed by atoms with Gasteiger partial charge in [-0.25, -0.2) is 0 Å². The highest BCUT2D eigenvalue weighted by molar-refractivity contribution is 7.80. The molecule has 0 radical (unpaired) electrons. The number of rotatable bonds is 2. The number of fused-ring (bicyclic) bond motifs is 14. The van der Waals surface area contributed by atoms with Crippen LogP contribution in [0.15, 0.2) is 186 Å². The Labute approximate surface area is 302 Å². The summed E-state index contributed by atoms with van der Waals surface area (Å²) in [6.07, 6.45) is 0. The number of benzene rings is 8. The molecule has 2 aromatic heterocycles. The van der Waals surface area contributed by atoms with Crippen molar-refractivity contribution in [1.29, 1.82) is 0 Å². The molecule has 2 aliphatic heterocycles. The summed E-state index contributed by atoms with van der Waals surface area (Å²) < 4.78 is 8.78. The Hall–Kier alpha value is -6.21. The molecule has 0 amide bonds. The number of aromatic nitrogens is 1. The molecule has 2 aliphatic rings. The van der Waals surface area contributed by atoms with E-state index >= 15 is 0 Å². The van der Waals surface area contributed by atoms with Gasteiger partial charge >= 0.3 is 0 Å². The lowest BCUT2D eigenvalue weighted by atomic mass is 9.62. The highest BCUT2D eigenvalue weighted by atomic mass is 31.1. The molecule has 0 N–H and O–H groups in total. The average Bonchev–Trinajstić information content (AvgIpc) is 3.76. The highest BCUT2D eigenvalue weighted by Crippen LogP contribution is 2.58. The maximum absolute atomic E-state index is 6.26. The quantitative estimate of drug-likeness (QED) is 0.166. The van der Waals surface area contributed by atoms with Crippen molar-refractivity contribution >= 4 is 67.6 Å². The van der Waals surface area contributed by atoms with Gasteiger partial charge in [0.05, 0.1) is 22.1 Å². The largest absolute Gasteiger partial charge is 0.456 e. The second kappa shape index (κ2) is 10.4. The molecule has 242 valence electrons. The Morgan fingerprint density at radius 2 is 1.08 bits per heavy atom. The van der Waals surface area contributed by atoms with E-state index in [1.807, 2.05) is 6.07 Å². The van der Waals surface area contributed by atoms with Gasteiger partial charge in [0.2, 0.25) is 0 Å². The minimum Gasteiger partial charge on any atom is -0.456 e. The molecule has 0 saturated heterocycles. The van der Waals surface area contributed by atoms with E-state index in [4.69, 9.17) is 4.42 Å². The molecule has 52 heavy (non-hydrogen) atoms. The Morgan fingerprint density at radius 1 is 0.423 bits per heavy atom. The first kappa shape index (κ1) is 28.5. The lowest BCUT2D eigenvalue weighted by molar-refractivity contribution is 0.669. The summed E-state index contributed by atoms with van der Waals surface area (Å²) >= 11 is 0. The van der Waals surface area contributed by atoms with Crippen molar-refractivity contribution < 1.29 is 4.42 Å². The molecular formula is C49H30NOP. The van der Waals surface area contributed by atoms with Gasteiger partial charge in [-0.3, -0.25) is 0 Å². The summed E-state index contributed by atoms with van der Waals surface area (Å²) in [5.74, 6) is 0. The van der Waals surface area contributed by atoms with Gasteiger partial charge in [0.15, 0.2) is 0 Å². The third kappa shape index (κ3) is 3.57. The fourth-order valence-electron chi connectivity index (χ4n) is 9.51. The predicted octanol–water partition coefficient (Wildman–Crippen LogP) is 11.1. The minimum atomic E-state index is -0.832. The topological polar surface area (TPSA) is 18.1 Å². The molecule has 0 aliphatic carbocycles. The number of furan rings is 1. The summed E-state index contributed by atoms with van der Waals surface area (Å²) in [5, 5.41) is 9.09. The van der Waals surface area contributed by atoms with Crippen LogP contribution in [0, 0.1) is 0 Å². The van der Waals surface area contributed by atoms with E-state index in [0.717, 1.165) is 21.9 Å². The molecular weight excluding hydrogens is 650 g/mol. The Balaban J connectivity index is 1.24. The van der Waals surface area contributed by atoms with Crippen LogP contribution in [0.5, 0.6) is 0 Å². The third-order valence-electron chi connectivity index (χ3n) is 11.6. The van der Waals surface area contributed by atoms with Crippen LogP contribution < -0.4 is 15.9 Å². The van der Waals surface area contributed by atoms with Gasteiger partial charge in [-0.2, -0.15) is 0 Å². The molecule has 1 spiro atoms. The van der Waals surface area contributed by atoms with Crippen LogP contribution in [0.2, 0.25) is 0 Å². The average molecular weight is 680 g/mol. The van der Waals surface area contributed by atoms with E-state index in [-0.39, 0.29) is 0 Å². The van der Waals surface area contributed by atoms with Crippen LogP contribution in [0.1, 0.15) is 22.3 Å². The van der Waals surface area contributed by atoms with Crippen LogP contribution >= 0.6 is 7.92 Å². The van der Waals surface area contributed by atoms with Crippen LogP contribution in [0.25, 0.3) is 60.6 Å². The lowest BCUT2D eigenvalue weighted by Crippen LogP contribution is -2.47. The van der Waals surface area contributed by atoms with Gasteiger partial charge in [0.1, 0.15) is 11.2 Å². The molecule has 0 fully saturated rings. The fraction of sp³-hybridized carbons (Fsp3) is 0.0204. The molecule has 3 heteroatoms. The number of hydrogen-bond donors (Lipinski definition) is 0. The summed E-state index contributed by atoms with van der Waals surface area (Å²) in [4.78, 5) is 0. The normalized spacial score (nSPS) is 17.1. The van der Waals surface area contributed by atoms with Gasteiger partial charge in [0, 0.05) is 21.5 Å². The van der Waals surface area contributed by atoms with Crippen molar-refractivity contribution in [2.45, 2.75) is 5.41 Å². The van der Waals surface area contributed by atoms with Gasteiger partial charge in [-0.05, 0) is 93.6 Å². The molecule has 4 heterocycles. The minimum absolute atomic E-state index is 0.539. The molecule has 0 bridgehead atoms. The van der Waals surface area contributed by atoms with Crippen molar-refractivity contribution in [3.05, 3.63) is 204 Å². The standard InChI is InChI=1S/C49H30NOP/c1-2-13-33(14-3-1)52-46-24-11-7-19-39(46)49(38-18-6-9-22-43(38)50-42-21-8-4-15-34(42)36-17-12-20-40(49)48(36)50)41-30-32(26-28-47(41)52)31-25-27-45-37(29-31)35-16-5-10-23-44(35)51-45/h1-30H. The number of nitrogens with zero attached hydrogens (tertiary/aromatic N) is 1. The molecule has 2 unspecified atom stereocenters.